The van der Waals surface area contributed by atoms with Gasteiger partial charge in [0.15, 0.2) is 5.82 Å². The normalized spacial score (nSPS) is 15.0. The summed E-state index contributed by atoms with van der Waals surface area (Å²) >= 11 is 0. The molecule has 0 aliphatic carbocycles. The number of hydrogen-bond donors (Lipinski definition) is 1. The third-order valence-electron chi connectivity index (χ3n) is 3.40. The second-order valence-corrected chi connectivity index (χ2v) is 6.30. The Morgan fingerprint density at radius 3 is 2.61 bits per heavy atom. The van der Waals surface area contributed by atoms with Crippen LogP contribution in [0.15, 0.2) is 12.1 Å². The first-order chi connectivity index (χ1) is 10.8. The van der Waals surface area contributed by atoms with Gasteiger partial charge in [-0.1, -0.05) is 6.08 Å². The van der Waals surface area contributed by atoms with Gasteiger partial charge in [-0.3, -0.25) is 0 Å². The summed E-state index contributed by atoms with van der Waals surface area (Å²) in [4.78, 5) is 13.8. The number of carbonyl (C=O) groups is 1. The van der Waals surface area contributed by atoms with E-state index in [1.54, 1.807) is 19.1 Å². The van der Waals surface area contributed by atoms with Gasteiger partial charge in [0, 0.05) is 26.2 Å². The van der Waals surface area contributed by atoms with Crippen LogP contribution in [0.2, 0.25) is 0 Å². The molecule has 0 spiro atoms. The van der Waals surface area contributed by atoms with E-state index in [4.69, 9.17) is 9.47 Å². The average molecular weight is 320 g/mol. The van der Waals surface area contributed by atoms with E-state index in [9.17, 15) is 4.79 Å². The highest BCUT2D eigenvalue weighted by Crippen LogP contribution is 2.29. The number of nitrogens with zero attached hydrogens (tertiary/aromatic N) is 3. The van der Waals surface area contributed by atoms with Gasteiger partial charge in [-0.2, -0.15) is 0 Å². The summed E-state index contributed by atoms with van der Waals surface area (Å²) in [6.45, 7) is 6.65. The molecule has 2 rings (SSSR count). The lowest BCUT2D eigenvalue weighted by molar-refractivity contribution is 0.0270. The topological polar surface area (TPSA) is 76.6 Å². The Hall–Kier alpha value is -2.31. The minimum Gasteiger partial charge on any atom is -0.494 e. The number of methoxy groups -OCH3 is 1. The molecule has 7 heteroatoms. The fraction of sp³-hybridized carbons (Fsp3) is 0.562. The maximum atomic E-state index is 12.1. The highest BCUT2D eigenvalue weighted by Gasteiger charge is 2.25. The van der Waals surface area contributed by atoms with Crippen molar-refractivity contribution in [3.05, 3.63) is 17.8 Å². The van der Waals surface area contributed by atoms with Crippen LogP contribution in [0.4, 0.5) is 10.6 Å². The van der Waals surface area contributed by atoms with Crippen molar-refractivity contribution in [3.63, 3.8) is 0 Å². The summed E-state index contributed by atoms with van der Waals surface area (Å²) < 4.78 is 10.8. The van der Waals surface area contributed by atoms with Crippen molar-refractivity contribution in [1.29, 1.82) is 0 Å². The zero-order chi connectivity index (χ0) is 17.0. The molecule has 0 fully saturated rings. The van der Waals surface area contributed by atoms with Gasteiger partial charge in [0.1, 0.15) is 17.0 Å². The molecule has 0 aromatic carbocycles. The molecule has 0 unspecified atom stereocenters. The maximum Gasteiger partial charge on any atom is 0.410 e. The number of ether oxygens (including phenoxy) is 2. The monoisotopic (exact) mass is 320 g/mol. The molecule has 1 aromatic rings. The SMILES string of the molecule is CNc1cc(OC)c(C2=CCN(C(=O)OC(C)(C)C)CC2)nn1. The molecule has 0 atom stereocenters. The molecule has 2 heterocycles. The van der Waals surface area contributed by atoms with Gasteiger partial charge in [0.2, 0.25) is 0 Å². The van der Waals surface area contributed by atoms with E-state index in [2.05, 4.69) is 15.5 Å². The standard InChI is InChI=1S/C16H24N4O3/c1-16(2,3)23-15(21)20-8-6-11(7-9-20)14-12(22-5)10-13(17-4)18-19-14/h6,10H,7-9H2,1-5H3,(H,17,18). The molecule has 1 aromatic heterocycles. The lowest BCUT2D eigenvalue weighted by Gasteiger charge is -2.29. The molecule has 1 aliphatic heterocycles. The molecular weight excluding hydrogens is 296 g/mol. The van der Waals surface area contributed by atoms with Crippen molar-refractivity contribution in [2.45, 2.75) is 32.8 Å². The van der Waals surface area contributed by atoms with Gasteiger partial charge in [0.05, 0.1) is 7.11 Å². The highest BCUT2D eigenvalue weighted by atomic mass is 16.6. The van der Waals surface area contributed by atoms with Crippen molar-refractivity contribution in [2.75, 3.05) is 32.6 Å². The third kappa shape index (κ3) is 4.34. The fourth-order valence-corrected chi connectivity index (χ4v) is 2.25. The Morgan fingerprint density at radius 2 is 2.09 bits per heavy atom. The Morgan fingerprint density at radius 1 is 1.35 bits per heavy atom. The summed E-state index contributed by atoms with van der Waals surface area (Å²) in [5.41, 5.74) is 1.26. The number of carbonyl (C=O) groups excluding carboxylic acids is 1. The molecule has 1 amide bonds. The van der Waals surface area contributed by atoms with E-state index in [0.717, 1.165) is 11.3 Å². The zero-order valence-corrected chi connectivity index (χ0v) is 14.3. The second-order valence-electron chi connectivity index (χ2n) is 6.30. The number of aromatic nitrogens is 2. The second kappa shape index (κ2) is 6.85. The van der Waals surface area contributed by atoms with Crippen molar-refractivity contribution in [1.82, 2.24) is 15.1 Å². The van der Waals surface area contributed by atoms with E-state index in [1.165, 1.54) is 0 Å². The molecule has 0 saturated carbocycles. The molecule has 126 valence electrons. The van der Waals surface area contributed by atoms with Gasteiger partial charge >= 0.3 is 6.09 Å². The van der Waals surface area contributed by atoms with Crippen LogP contribution in [-0.2, 0) is 4.74 Å². The first-order valence-electron chi connectivity index (χ1n) is 7.61. The Labute approximate surface area is 136 Å². The number of amides is 1. The van der Waals surface area contributed by atoms with Crippen molar-refractivity contribution in [3.8, 4) is 5.75 Å². The molecule has 0 radical (unpaired) electrons. The van der Waals surface area contributed by atoms with Crippen LogP contribution in [0.1, 0.15) is 32.9 Å². The number of nitrogens with one attached hydrogen (secondary N) is 1. The van der Waals surface area contributed by atoms with Crippen molar-refractivity contribution >= 4 is 17.5 Å². The van der Waals surface area contributed by atoms with Crippen LogP contribution in [0.25, 0.3) is 5.57 Å². The van der Waals surface area contributed by atoms with Crippen LogP contribution in [0.3, 0.4) is 0 Å². The lowest BCUT2D eigenvalue weighted by atomic mass is 10.0. The zero-order valence-electron chi connectivity index (χ0n) is 14.3. The van der Waals surface area contributed by atoms with Crippen LogP contribution in [-0.4, -0.2) is 54.0 Å². The van der Waals surface area contributed by atoms with Gasteiger partial charge < -0.3 is 19.7 Å². The average Bonchev–Trinajstić information content (AvgIpc) is 2.52. The molecule has 7 nitrogen and oxygen atoms in total. The van der Waals surface area contributed by atoms with Gasteiger partial charge in [0.25, 0.3) is 0 Å². The first-order valence-corrected chi connectivity index (χ1v) is 7.61. The van der Waals surface area contributed by atoms with E-state index in [0.29, 0.717) is 31.1 Å². The lowest BCUT2D eigenvalue weighted by Crippen LogP contribution is -2.39. The predicted octanol–water partition coefficient (Wildman–Crippen LogP) is 2.55. The van der Waals surface area contributed by atoms with E-state index < -0.39 is 5.60 Å². The summed E-state index contributed by atoms with van der Waals surface area (Å²) in [7, 11) is 3.39. The molecule has 23 heavy (non-hydrogen) atoms. The van der Waals surface area contributed by atoms with Crippen molar-refractivity contribution in [2.24, 2.45) is 0 Å². The van der Waals surface area contributed by atoms with Gasteiger partial charge in [-0.15, -0.1) is 10.2 Å². The Bertz CT molecular complexity index is 608. The highest BCUT2D eigenvalue weighted by molar-refractivity contribution is 5.73. The number of rotatable bonds is 3. The summed E-state index contributed by atoms with van der Waals surface area (Å²) in [6, 6.07) is 1.81. The number of hydrogen-bond acceptors (Lipinski definition) is 6. The fourth-order valence-electron chi connectivity index (χ4n) is 2.25. The predicted molar refractivity (Wildman–Crippen MR) is 88.5 cm³/mol. The van der Waals surface area contributed by atoms with Crippen LogP contribution in [0, 0.1) is 0 Å². The largest absolute Gasteiger partial charge is 0.494 e. The minimum absolute atomic E-state index is 0.295. The van der Waals surface area contributed by atoms with Crippen LogP contribution in [0.5, 0.6) is 5.75 Å². The molecular formula is C16H24N4O3. The summed E-state index contributed by atoms with van der Waals surface area (Å²) in [5, 5.41) is 11.3. The quantitative estimate of drug-likeness (QED) is 0.922. The van der Waals surface area contributed by atoms with E-state index in [-0.39, 0.29) is 6.09 Å². The molecule has 1 N–H and O–H groups in total. The number of anilines is 1. The van der Waals surface area contributed by atoms with Crippen molar-refractivity contribution < 1.29 is 14.3 Å². The van der Waals surface area contributed by atoms with Crippen LogP contribution >= 0.6 is 0 Å². The third-order valence-corrected chi connectivity index (χ3v) is 3.40. The molecule has 0 saturated heterocycles. The van der Waals surface area contributed by atoms with E-state index >= 15 is 0 Å². The van der Waals surface area contributed by atoms with Gasteiger partial charge in [-0.25, -0.2) is 4.79 Å². The molecule has 0 bridgehead atoms. The smallest absolute Gasteiger partial charge is 0.410 e. The summed E-state index contributed by atoms with van der Waals surface area (Å²) in [6.07, 6.45) is 2.36. The van der Waals surface area contributed by atoms with Gasteiger partial charge in [-0.05, 0) is 32.8 Å². The Kier molecular flexibility index (Phi) is 5.08. The molecule has 1 aliphatic rings. The maximum absolute atomic E-state index is 12.1. The minimum atomic E-state index is -0.487. The van der Waals surface area contributed by atoms with E-state index in [1.807, 2.05) is 32.9 Å². The van der Waals surface area contributed by atoms with Crippen LogP contribution < -0.4 is 10.1 Å². The summed E-state index contributed by atoms with van der Waals surface area (Å²) in [5.74, 6) is 1.32. The Balaban J connectivity index is 2.11. The first kappa shape index (κ1) is 17.1.